The maximum atomic E-state index is 13.0. The van der Waals surface area contributed by atoms with Crippen molar-refractivity contribution in [2.24, 2.45) is 11.1 Å². The minimum Gasteiger partial charge on any atom is -0.484 e. The Kier molecular flexibility index (Phi) is 8.00. The third-order valence-corrected chi connectivity index (χ3v) is 3.19. The lowest BCUT2D eigenvalue weighted by Crippen LogP contribution is -2.41. The first kappa shape index (κ1) is 20.0. The molecule has 1 aromatic rings. The predicted octanol–water partition coefficient (Wildman–Crippen LogP) is 2.72. The maximum Gasteiger partial charge on any atom is 0.260 e. The predicted molar refractivity (Wildman–Crippen MR) is 84.6 cm³/mol. The molecule has 0 aliphatic carbocycles. The lowest BCUT2D eigenvalue weighted by molar-refractivity contribution is -0.133. The maximum absolute atomic E-state index is 13.0. The van der Waals surface area contributed by atoms with Crippen LogP contribution in [0, 0.1) is 11.2 Å². The van der Waals surface area contributed by atoms with Crippen LogP contribution in [0.3, 0.4) is 0 Å². The minimum atomic E-state index is -0.521. The van der Waals surface area contributed by atoms with Crippen LogP contribution in [0.2, 0.25) is 5.02 Å². The Morgan fingerprint density at radius 2 is 2.10 bits per heavy atom. The Morgan fingerprint density at radius 3 is 2.62 bits per heavy atom. The van der Waals surface area contributed by atoms with E-state index in [1.165, 1.54) is 18.2 Å². The van der Waals surface area contributed by atoms with E-state index < -0.39 is 5.82 Å². The Labute approximate surface area is 135 Å². The summed E-state index contributed by atoms with van der Waals surface area (Å²) in [4.78, 5) is 13.5. The number of likely N-dealkylation sites (N-methyl/N-ethyl adjacent to an activating group) is 1. The van der Waals surface area contributed by atoms with Gasteiger partial charge in [0.05, 0.1) is 5.02 Å². The van der Waals surface area contributed by atoms with E-state index in [9.17, 15) is 9.18 Å². The number of carbonyl (C=O) groups is 1. The average molecular weight is 339 g/mol. The van der Waals surface area contributed by atoms with Crippen LogP contribution in [-0.2, 0) is 4.79 Å². The smallest absolute Gasteiger partial charge is 0.260 e. The molecule has 1 rings (SSSR count). The molecule has 4 nitrogen and oxygen atoms in total. The summed E-state index contributed by atoms with van der Waals surface area (Å²) in [6.45, 7) is 4.86. The highest BCUT2D eigenvalue weighted by molar-refractivity contribution is 6.30. The molecule has 0 spiro atoms. The zero-order chi connectivity index (χ0) is 15.3. The van der Waals surface area contributed by atoms with E-state index in [2.05, 4.69) is 0 Å². The average Bonchev–Trinajstić information content (AvgIpc) is 2.39. The van der Waals surface area contributed by atoms with Crippen molar-refractivity contribution < 1.29 is 13.9 Å². The summed E-state index contributed by atoms with van der Waals surface area (Å²) in [6.07, 6.45) is 0. The van der Waals surface area contributed by atoms with Crippen molar-refractivity contribution >= 4 is 29.9 Å². The first-order valence-corrected chi connectivity index (χ1v) is 6.65. The number of nitrogens with zero attached hydrogens (tertiary/aromatic N) is 1. The van der Waals surface area contributed by atoms with E-state index in [4.69, 9.17) is 22.1 Å². The lowest BCUT2D eigenvalue weighted by Gasteiger charge is -2.29. The van der Waals surface area contributed by atoms with E-state index in [-0.39, 0.29) is 35.4 Å². The molecule has 2 N–H and O–H groups in total. The highest BCUT2D eigenvalue weighted by Crippen LogP contribution is 2.21. The van der Waals surface area contributed by atoms with Gasteiger partial charge in [-0.15, -0.1) is 12.4 Å². The molecule has 0 radical (unpaired) electrons. The van der Waals surface area contributed by atoms with Gasteiger partial charge in [0.15, 0.2) is 6.61 Å². The molecule has 0 unspecified atom stereocenters. The molecule has 21 heavy (non-hydrogen) atoms. The Morgan fingerprint density at radius 1 is 1.48 bits per heavy atom. The summed E-state index contributed by atoms with van der Waals surface area (Å²) in [5.74, 6) is -0.338. The number of carbonyl (C=O) groups excluding carboxylic acids is 1. The molecule has 1 amide bonds. The van der Waals surface area contributed by atoms with Gasteiger partial charge in [-0.05, 0) is 24.1 Å². The fourth-order valence-corrected chi connectivity index (χ4v) is 1.79. The van der Waals surface area contributed by atoms with Crippen molar-refractivity contribution in [3.05, 3.63) is 29.0 Å². The number of rotatable bonds is 6. The van der Waals surface area contributed by atoms with Crippen LogP contribution in [-0.4, -0.2) is 37.6 Å². The largest absolute Gasteiger partial charge is 0.484 e. The van der Waals surface area contributed by atoms with Crippen molar-refractivity contribution in [1.29, 1.82) is 0 Å². The quantitative estimate of drug-likeness (QED) is 0.867. The second-order valence-corrected chi connectivity index (χ2v) is 5.89. The molecule has 1 aromatic carbocycles. The van der Waals surface area contributed by atoms with Crippen LogP contribution in [0.1, 0.15) is 13.8 Å². The lowest BCUT2D eigenvalue weighted by atomic mass is 9.93. The summed E-state index contributed by atoms with van der Waals surface area (Å²) >= 11 is 5.63. The van der Waals surface area contributed by atoms with E-state index in [1.54, 1.807) is 11.9 Å². The topological polar surface area (TPSA) is 55.6 Å². The number of halogens is 3. The van der Waals surface area contributed by atoms with Gasteiger partial charge in [-0.2, -0.15) is 0 Å². The Balaban J connectivity index is 0.00000400. The highest BCUT2D eigenvalue weighted by atomic mass is 35.5. The number of hydrogen-bond acceptors (Lipinski definition) is 3. The molecule has 0 aromatic heterocycles. The summed E-state index contributed by atoms with van der Waals surface area (Å²) in [7, 11) is 1.70. The van der Waals surface area contributed by atoms with Gasteiger partial charge in [0.1, 0.15) is 11.6 Å². The van der Waals surface area contributed by atoms with Crippen LogP contribution in [0.4, 0.5) is 4.39 Å². The van der Waals surface area contributed by atoms with Crippen molar-refractivity contribution in [3.63, 3.8) is 0 Å². The molecule has 0 bridgehead atoms. The van der Waals surface area contributed by atoms with E-state index >= 15 is 0 Å². The van der Waals surface area contributed by atoms with E-state index in [1.807, 2.05) is 13.8 Å². The van der Waals surface area contributed by atoms with Gasteiger partial charge in [0.25, 0.3) is 5.91 Å². The molecule has 0 atom stereocenters. The normalized spacial score (nSPS) is 10.8. The van der Waals surface area contributed by atoms with Gasteiger partial charge in [-0.1, -0.05) is 25.4 Å². The van der Waals surface area contributed by atoms with Gasteiger partial charge in [0.2, 0.25) is 0 Å². The summed E-state index contributed by atoms with van der Waals surface area (Å²) in [5, 5.41) is -0.0347. The first-order valence-electron chi connectivity index (χ1n) is 6.27. The number of hydrogen-bond donors (Lipinski definition) is 1. The summed E-state index contributed by atoms with van der Waals surface area (Å²) < 4.78 is 18.3. The van der Waals surface area contributed by atoms with Gasteiger partial charge in [-0.3, -0.25) is 4.79 Å². The summed E-state index contributed by atoms with van der Waals surface area (Å²) in [5.41, 5.74) is 5.48. The second-order valence-electron chi connectivity index (χ2n) is 5.48. The molecule has 120 valence electrons. The van der Waals surface area contributed by atoms with Gasteiger partial charge in [0, 0.05) is 19.7 Å². The van der Waals surface area contributed by atoms with Gasteiger partial charge >= 0.3 is 0 Å². The molecular formula is C14H21Cl2FN2O2. The molecule has 0 saturated carbocycles. The fraction of sp³-hybridized carbons (Fsp3) is 0.500. The fourth-order valence-electron chi connectivity index (χ4n) is 1.62. The zero-order valence-electron chi connectivity index (χ0n) is 12.4. The van der Waals surface area contributed by atoms with Crippen molar-refractivity contribution in [1.82, 2.24) is 4.90 Å². The van der Waals surface area contributed by atoms with Crippen LogP contribution >= 0.6 is 24.0 Å². The molecule has 0 saturated heterocycles. The molecule has 7 heteroatoms. The number of ether oxygens (including phenoxy) is 1. The molecule has 0 fully saturated rings. The molecule has 0 aliphatic rings. The number of benzene rings is 1. The second kappa shape index (κ2) is 8.41. The van der Waals surface area contributed by atoms with Crippen molar-refractivity contribution in [3.8, 4) is 5.75 Å². The van der Waals surface area contributed by atoms with Crippen LogP contribution in [0.5, 0.6) is 5.75 Å². The third kappa shape index (κ3) is 6.50. The Bertz CT molecular complexity index is 484. The summed E-state index contributed by atoms with van der Waals surface area (Å²) in [6, 6.07) is 3.97. The zero-order valence-corrected chi connectivity index (χ0v) is 13.9. The first-order chi connectivity index (χ1) is 9.25. The monoisotopic (exact) mass is 338 g/mol. The molecule has 0 aliphatic heterocycles. The Hall–Kier alpha value is -1.04. The third-order valence-electron chi connectivity index (χ3n) is 2.90. The standard InChI is InChI=1S/C14H20ClFN2O2.ClH/c1-14(2,8-17)9-18(3)13(19)7-20-10-4-5-12(16)11(15)6-10;/h4-6H,7-9,17H2,1-3H3;1H. The van der Waals surface area contributed by atoms with Crippen molar-refractivity contribution in [2.75, 3.05) is 26.7 Å². The van der Waals surface area contributed by atoms with Gasteiger partial charge in [-0.25, -0.2) is 4.39 Å². The van der Waals surface area contributed by atoms with Crippen LogP contribution in [0.25, 0.3) is 0 Å². The van der Waals surface area contributed by atoms with Gasteiger partial charge < -0.3 is 15.4 Å². The van der Waals surface area contributed by atoms with Crippen LogP contribution < -0.4 is 10.5 Å². The SMILES string of the molecule is CN(CC(C)(C)CN)C(=O)COc1ccc(F)c(Cl)c1.Cl. The van der Waals surface area contributed by atoms with E-state index in [0.29, 0.717) is 18.8 Å². The van der Waals surface area contributed by atoms with E-state index in [0.717, 1.165) is 0 Å². The molecular weight excluding hydrogens is 318 g/mol. The molecule has 0 heterocycles. The number of amides is 1. The number of nitrogens with two attached hydrogens (primary N) is 1. The van der Waals surface area contributed by atoms with Crippen LogP contribution in [0.15, 0.2) is 18.2 Å². The minimum absolute atomic E-state index is 0. The van der Waals surface area contributed by atoms with Crippen molar-refractivity contribution in [2.45, 2.75) is 13.8 Å². The highest BCUT2D eigenvalue weighted by Gasteiger charge is 2.21.